The molecule has 17 heavy (non-hydrogen) atoms. The van der Waals surface area contributed by atoms with Crippen molar-refractivity contribution in [2.24, 2.45) is 0 Å². The molecule has 0 fully saturated rings. The van der Waals surface area contributed by atoms with Crippen LogP contribution < -0.4 is 5.56 Å². The summed E-state index contributed by atoms with van der Waals surface area (Å²) in [6.45, 7) is 0.342. The van der Waals surface area contributed by atoms with Crippen molar-refractivity contribution < 1.29 is 9.47 Å². The summed E-state index contributed by atoms with van der Waals surface area (Å²) in [5, 5.41) is 0.963. The van der Waals surface area contributed by atoms with E-state index in [1.54, 1.807) is 23.0 Å². The number of nitrogens with zero attached hydrogens (tertiary/aromatic N) is 2. The van der Waals surface area contributed by atoms with Crippen LogP contribution in [0.15, 0.2) is 47.9 Å². The van der Waals surface area contributed by atoms with Gasteiger partial charge in [-0.25, -0.2) is 0 Å². The summed E-state index contributed by atoms with van der Waals surface area (Å²) in [6.07, 6.45) is 5.86. The Morgan fingerprint density at radius 1 is 1.24 bits per heavy atom. The predicted molar refractivity (Wildman–Crippen MR) is 61.1 cm³/mol. The molecular formula is C12H10N2O3. The number of rotatable bonds is 2. The molecular weight excluding hydrogens is 220 g/mol. The van der Waals surface area contributed by atoms with Crippen LogP contribution in [0, 0.1) is 0 Å². The van der Waals surface area contributed by atoms with Crippen LogP contribution in [-0.4, -0.2) is 15.8 Å². The molecule has 0 amide bonds. The summed E-state index contributed by atoms with van der Waals surface area (Å²) < 4.78 is 12.0. The summed E-state index contributed by atoms with van der Waals surface area (Å²) in [5.41, 5.74) is 0.684. The third kappa shape index (κ3) is 1.75. The highest BCUT2D eigenvalue weighted by molar-refractivity contribution is 5.77. The lowest BCUT2D eigenvalue weighted by Gasteiger charge is -2.14. The van der Waals surface area contributed by atoms with Gasteiger partial charge in [-0.15, -0.1) is 0 Å². The second-order valence-electron chi connectivity index (χ2n) is 3.69. The Morgan fingerprint density at radius 3 is 2.88 bits per heavy atom. The van der Waals surface area contributed by atoms with Crippen molar-refractivity contribution in [1.82, 2.24) is 9.55 Å². The maximum atomic E-state index is 11.8. The van der Waals surface area contributed by atoms with Crippen LogP contribution in [0.2, 0.25) is 0 Å². The van der Waals surface area contributed by atoms with E-state index in [1.165, 1.54) is 18.6 Å². The van der Waals surface area contributed by atoms with E-state index in [-0.39, 0.29) is 5.56 Å². The molecule has 0 unspecified atom stereocenters. The van der Waals surface area contributed by atoms with Crippen LogP contribution in [0.4, 0.5) is 0 Å². The lowest BCUT2D eigenvalue weighted by molar-refractivity contribution is -0.0340. The molecule has 86 valence electrons. The molecule has 0 N–H and O–H groups in total. The minimum absolute atomic E-state index is 0.0930. The Bertz CT molecular complexity index is 625. The summed E-state index contributed by atoms with van der Waals surface area (Å²) in [6, 6.07) is 5.18. The van der Waals surface area contributed by atoms with Gasteiger partial charge in [0.15, 0.2) is 0 Å². The van der Waals surface area contributed by atoms with Gasteiger partial charge in [0.05, 0.1) is 11.7 Å². The number of hydrogen-bond donors (Lipinski definition) is 0. The highest BCUT2D eigenvalue weighted by Crippen LogP contribution is 2.13. The molecule has 1 aliphatic rings. The molecule has 5 heteroatoms. The molecule has 2 aromatic rings. The van der Waals surface area contributed by atoms with Crippen LogP contribution in [0.25, 0.3) is 10.9 Å². The molecule has 3 rings (SSSR count). The molecule has 0 saturated heterocycles. The normalized spacial score (nSPS) is 14.8. The van der Waals surface area contributed by atoms with E-state index in [4.69, 9.17) is 9.47 Å². The van der Waals surface area contributed by atoms with Crippen molar-refractivity contribution in [2.45, 2.75) is 12.8 Å². The van der Waals surface area contributed by atoms with Gasteiger partial charge in [-0.1, -0.05) is 0 Å². The number of ether oxygens (including phenoxy) is 2. The molecule has 0 atom stereocenters. The van der Waals surface area contributed by atoms with Crippen LogP contribution in [0.5, 0.6) is 0 Å². The third-order valence-electron chi connectivity index (χ3n) is 2.64. The first-order chi connectivity index (χ1) is 8.34. The fraction of sp³-hybridized carbons (Fsp3) is 0.167. The van der Waals surface area contributed by atoms with Gasteiger partial charge in [0, 0.05) is 17.6 Å². The first kappa shape index (κ1) is 9.89. The Balaban J connectivity index is 2.07. The SMILES string of the molecule is O=c1ccc2ccncc2n1CC1OC=CO1. The van der Waals surface area contributed by atoms with Crippen LogP contribution in [-0.2, 0) is 16.0 Å². The molecule has 2 aromatic heterocycles. The van der Waals surface area contributed by atoms with E-state index >= 15 is 0 Å². The number of pyridine rings is 2. The Labute approximate surface area is 96.9 Å². The Kier molecular flexibility index (Phi) is 2.29. The maximum absolute atomic E-state index is 11.8. The van der Waals surface area contributed by atoms with Gasteiger partial charge in [-0.3, -0.25) is 14.3 Å². The van der Waals surface area contributed by atoms with Gasteiger partial charge < -0.3 is 9.47 Å². The van der Waals surface area contributed by atoms with Crippen molar-refractivity contribution >= 4 is 10.9 Å². The van der Waals surface area contributed by atoms with Crippen LogP contribution in [0.3, 0.4) is 0 Å². The van der Waals surface area contributed by atoms with Gasteiger partial charge in [0.1, 0.15) is 19.1 Å². The molecule has 0 aromatic carbocycles. The topological polar surface area (TPSA) is 53.4 Å². The monoisotopic (exact) mass is 230 g/mol. The summed E-state index contributed by atoms with van der Waals surface area (Å²) in [5.74, 6) is 0. The second kappa shape index (κ2) is 3.93. The second-order valence-corrected chi connectivity index (χ2v) is 3.69. The quantitative estimate of drug-likeness (QED) is 0.778. The van der Waals surface area contributed by atoms with Crippen molar-refractivity contribution in [2.75, 3.05) is 0 Å². The summed E-state index contributed by atoms with van der Waals surface area (Å²) in [7, 11) is 0. The van der Waals surface area contributed by atoms with Gasteiger partial charge in [0.25, 0.3) is 11.8 Å². The zero-order chi connectivity index (χ0) is 11.7. The number of fused-ring (bicyclic) bond motifs is 1. The number of hydrogen-bond acceptors (Lipinski definition) is 4. The molecule has 5 nitrogen and oxygen atoms in total. The van der Waals surface area contributed by atoms with Gasteiger partial charge >= 0.3 is 0 Å². The Hall–Kier alpha value is -2.30. The zero-order valence-corrected chi connectivity index (χ0v) is 8.95. The van der Waals surface area contributed by atoms with E-state index < -0.39 is 6.29 Å². The standard InChI is InChI=1S/C12H10N2O3/c15-11-2-1-9-3-4-13-7-10(9)14(11)8-12-16-5-6-17-12/h1-7,12H,8H2. The molecule has 0 spiro atoms. The third-order valence-corrected chi connectivity index (χ3v) is 2.64. The van der Waals surface area contributed by atoms with E-state index in [1.807, 2.05) is 6.07 Å². The number of aromatic nitrogens is 2. The van der Waals surface area contributed by atoms with Crippen LogP contribution in [0.1, 0.15) is 0 Å². The minimum Gasteiger partial charge on any atom is -0.457 e. The summed E-state index contributed by atoms with van der Waals surface area (Å²) in [4.78, 5) is 15.9. The average Bonchev–Trinajstić information content (AvgIpc) is 2.86. The van der Waals surface area contributed by atoms with Crippen LogP contribution >= 0.6 is 0 Å². The fourth-order valence-electron chi connectivity index (χ4n) is 1.83. The predicted octanol–water partition coefficient (Wildman–Crippen LogP) is 1.24. The molecule has 0 bridgehead atoms. The maximum Gasteiger partial charge on any atom is 0.257 e. The smallest absolute Gasteiger partial charge is 0.257 e. The first-order valence-electron chi connectivity index (χ1n) is 5.24. The van der Waals surface area contributed by atoms with Gasteiger partial charge in [-0.05, 0) is 12.1 Å². The Morgan fingerprint density at radius 2 is 2.06 bits per heavy atom. The fourth-order valence-corrected chi connectivity index (χ4v) is 1.83. The lowest BCUT2D eigenvalue weighted by atomic mass is 10.2. The van der Waals surface area contributed by atoms with E-state index in [9.17, 15) is 4.79 Å². The minimum atomic E-state index is -0.446. The van der Waals surface area contributed by atoms with Crippen molar-refractivity contribution in [3.63, 3.8) is 0 Å². The molecule has 3 heterocycles. The van der Waals surface area contributed by atoms with E-state index in [0.717, 1.165) is 10.9 Å². The van der Waals surface area contributed by atoms with Crippen molar-refractivity contribution in [1.29, 1.82) is 0 Å². The molecule has 0 saturated carbocycles. The van der Waals surface area contributed by atoms with E-state index in [2.05, 4.69) is 4.98 Å². The van der Waals surface area contributed by atoms with Gasteiger partial charge in [0.2, 0.25) is 0 Å². The van der Waals surface area contributed by atoms with Crippen molar-refractivity contribution in [3.8, 4) is 0 Å². The van der Waals surface area contributed by atoms with Crippen molar-refractivity contribution in [3.05, 3.63) is 53.5 Å². The first-order valence-corrected chi connectivity index (χ1v) is 5.24. The molecule has 0 aliphatic carbocycles. The molecule has 0 radical (unpaired) electrons. The average molecular weight is 230 g/mol. The highest BCUT2D eigenvalue weighted by atomic mass is 16.7. The lowest BCUT2D eigenvalue weighted by Crippen LogP contribution is -2.26. The summed E-state index contributed by atoms with van der Waals surface area (Å²) >= 11 is 0. The van der Waals surface area contributed by atoms with E-state index in [0.29, 0.717) is 6.54 Å². The molecule has 1 aliphatic heterocycles. The highest BCUT2D eigenvalue weighted by Gasteiger charge is 2.15. The largest absolute Gasteiger partial charge is 0.457 e. The van der Waals surface area contributed by atoms with Gasteiger partial charge in [-0.2, -0.15) is 0 Å². The zero-order valence-electron chi connectivity index (χ0n) is 8.95.